The fraction of sp³-hybridized carbons (Fsp3) is 0.900. The number of hydrogen-bond donors (Lipinski definition) is 1. The van der Waals surface area contributed by atoms with Gasteiger partial charge >= 0.3 is 6.09 Å². The van der Waals surface area contributed by atoms with Crippen LogP contribution < -0.4 is 5.32 Å². The Morgan fingerprint density at radius 1 is 1.46 bits per heavy atom. The van der Waals surface area contributed by atoms with Gasteiger partial charge in [-0.3, -0.25) is 0 Å². The van der Waals surface area contributed by atoms with Crippen molar-refractivity contribution >= 4 is 6.09 Å². The van der Waals surface area contributed by atoms with Crippen molar-refractivity contribution in [3.05, 3.63) is 0 Å². The first kappa shape index (κ1) is 12.3. The molecule has 78 valence electrons. The highest BCUT2D eigenvalue weighted by atomic mass is 16.6. The predicted octanol–water partition coefficient (Wildman–Crippen LogP) is 2.56. The first-order valence-corrected chi connectivity index (χ1v) is 4.76. The summed E-state index contributed by atoms with van der Waals surface area (Å²) < 4.78 is 4.61. The maximum atomic E-state index is 10.3. The van der Waals surface area contributed by atoms with Gasteiger partial charge in [0.25, 0.3) is 0 Å². The van der Waals surface area contributed by atoms with Crippen LogP contribution in [0.4, 0.5) is 4.79 Å². The van der Waals surface area contributed by atoms with E-state index in [1.54, 1.807) is 0 Å². The molecule has 0 aromatic heterocycles. The molecule has 1 aliphatic heterocycles. The lowest BCUT2D eigenvalue weighted by molar-refractivity contribution is 0.176. The number of carbonyl (C=O) groups is 1. The summed E-state index contributed by atoms with van der Waals surface area (Å²) in [5, 5.41) is 2.64. The van der Waals surface area contributed by atoms with E-state index in [1.165, 1.54) is 0 Å². The Bertz CT molecular complexity index is 155. The zero-order valence-corrected chi connectivity index (χ0v) is 9.31. The molecule has 0 unspecified atom stereocenters. The van der Waals surface area contributed by atoms with Crippen molar-refractivity contribution in [3.63, 3.8) is 0 Å². The van der Waals surface area contributed by atoms with E-state index in [2.05, 4.69) is 37.7 Å². The number of cyclic esters (lactones) is 1. The fourth-order valence-electron chi connectivity index (χ4n) is 0.646. The smallest absolute Gasteiger partial charge is 0.407 e. The molecule has 3 heteroatoms. The third kappa shape index (κ3) is 9.18. The van der Waals surface area contributed by atoms with Crippen molar-refractivity contribution in [3.8, 4) is 0 Å². The minimum Gasteiger partial charge on any atom is -0.447 e. The summed E-state index contributed by atoms with van der Waals surface area (Å²) in [5.41, 5.74) is 0.500. The van der Waals surface area contributed by atoms with E-state index < -0.39 is 0 Å². The highest BCUT2D eigenvalue weighted by molar-refractivity contribution is 5.69. The van der Waals surface area contributed by atoms with Crippen molar-refractivity contribution in [1.29, 1.82) is 0 Å². The quantitative estimate of drug-likeness (QED) is 0.685. The van der Waals surface area contributed by atoms with Gasteiger partial charge < -0.3 is 10.1 Å². The Morgan fingerprint density at radius 3 is 2.08 bits per heavy atom. The van der Waals surface area contributed by atoms with Gasteiger partial charge in [-0.15, -0.1) is 0 Å². The van der Waals surface area contributed by atoms with Gasteiger partial charge in [-0.05, 0) is 11.8 Å². The van der Waals surface area contributed by atoms with Crippen LogP contribution in [-0.4, -0.2) is 18.7 Å². The summed E-state index contributed by atoms with van der Waals surface area (Å²) in [6.45, 7) is 11.3. The maximum Gasteiger partial charge on any atom is 0.407 e. The molecule has 1 saturated heterocycles. The van der Waals surface area contributed by atoms with Gasteiger partial charge in [0.05, 0.1) is 6.04 Å². The van der Waals surface area contributed by atoms with Crippen molar-refractivity contribution in [2.24, 2.45) is 5.41 Å². The summed E-state index contributed by atoms with van der Waals surface area (Å²) in [5.74, 6) is 0. The summed E-state index contributed by atoms with van der Waals surface area (Å²) >= 11 is 0. The number of nitrogens with one attached hydrogen (secondary N) is 1. The molecule has 1 heterocycles. The van der Waals surface area contributed by atoms with Crippen LogP contribution in [0.3, 0.4) is 0 Å². The molecule has 1 rings (SSSR count). The lowest BCUT2D eigenvalue weighted by Crippen LogP contribution is -2.24. The van der Waals surface area contributed by atoms with E-state index in [4.69, 9.17) is 0 Å². The number of hydrogen-bond acceptors (Lipinski definition) is 2. The second kappa shape index (κ2) is 5.10. The number of ether oxygens (including phenoxy) is 1. The predicted molar refractivity (Wildman–Crippen MR) is 53.7 cm³/mol. The van der Waals surface area contributed by atoms with E-state index in [0.717, 1.165) is 6.42 Å². The summed E-state index contributed by atoms with van der Waals surface area (Å²) in [7, 11) is 0. The fourth-order valence-corrected chi connectivity index (χ4v) is 0.646. The standard InChI is InChI=1S/C5H9NO2.C5H12/c1-2-4-3-8-5(7)6-4;1-5(2,3)4/h4H,2-3H2,1H3,(H,6,7);1-4H3/t4-;/m1./s1. The molecule has 1 fully saturated rings. The first-order chi connectivity index (χ1) is 5.83. The molecule has 1 atom stereocenters. The van der Waals surface area contributed by atoms with E-state index >= 15 is 0 Å². The van der Waals surface area contributed by atoms with E-state index in [0.29, 0.717) is 12.0 Å². The first-order valence-electron chi connectivity index (χ1n) is 4.76. The molecule has 1 N–H and O–H groups in total. The number of carbonyl (C=O) groups excluding carboxylic acids is 1. The van der Waals surface area contributed by atoms with Gasteiger partial charge in [0, 0.05) is 0 Å². The van der Waals surface area contributed by atoms with Crippen LogP contribution in [0.2, 0.25) is 0 Å². The van der Waals surface area contributed by atoms with Gasteiger partial charge in [-0.1, -0.05) is 34.6 Å². The van der Waals surface area contributed by atoms with Gasteiger partial charge in [0.1, 0.15) is 6.61 Å². The van der Waals surface area contributed by atoms with Crippen LogP contribution in [0, 0.1) is 5.41 Å². The molecule has 0 aromatic carbocycles. The lowest BCUT2D eigenvalue weighted by atomic mass is 10.0. The number of amides is 1. The summed E-state index contributed by atoms with van der Waals surface area (Å²) in [6.07, 6.45) is 0.669. The Kier molecular flexibility index (Phi) is 4.81. The molecule has 0 aliphatic carbocycles. The van der Waals surface area contributed by atoms with Crippen molar-refractivity contribution in [1.82, 2.24) is 5.32 Å². The topological polar surface area (TPSA) is 38.3 Å². The molecule has 13 heavy (non-hydrogen) atoms. The van der Waals surface area contributed by atoms with Crippen LogP contribution in [0.25, 0.3) is 0 Å². The maximum absolute atomic E-state index is 10.3. The molecular weight excluding hydrogens is 166 g/mol. The Morgan fingerprint density at radius 2 is 1.92 bits per heavy atom. The highest BCUT2D eigenvalue weighted by Gasteiger charge is 2.19. The van der Waals surface area contributed by atoms with E-state index in [1.807, 2.05) is 6.92 Å². The van der Waals surface area contributed by atoms with Crippen LogP contribution in [0.5, 0.6) is 0 Å². The number of alkyl carbamates (subject to hydrolysis) is 1. The van der Waals surface area contributed by atoms with Crippen molar-refractivity contribution < 1.29 is 9.53 Å². The van der Waals surface area contributed by atoms with Crippen LogP contribution in [0.15, 0.2) is 0 Å². The Labute approximate surface area is 80.8 Å². The molecule has 3 nitrogen and oxygen atoms in total. The average Bonchev–Trinajstić information content (AvgIpc) is 2.31. The molecule has 0 bridgehead atoms. The molecule has 0 spiro atoms. The SMILES string of the molecule is CC(C)(C)C.CC[C@@H]1COC(=O)N1. The normalized spacial score (nSPS) is 21.3. The Balaban J connectivity index is 0.000000252. The zero-order valence-electron chi connectivity index (χ0n) is 9.31. The van der Waals surface area contributed by atoms with E-state index in [-0.39, 0.29) is 12.1 Å². The second-order valence-corrected chi connectivity index (χ2v) is 4.85. The van der Waals surface area contributed by atoms with Crippen LogP contribution >= 0.6 is 0 Å². The molecular formula is C10H21NO2. The van der Waals surface area contributed by atoms with Gasteiger partial charge in [-0.2, -0.15) is 0 Å². The monoisotopic (exact) mass is 187 g/mol. The van der Waals surface area contributed by atoms with Crippen molar-refractivity contribution in [2.45, 2.75) is 47.1 Å². The lowest BCUT2D eigenvalue weighted by Gasteiger charge is -2.05. The van der Waals surface area contributed by atoms with Crippen LogP contribution in [-0.2, 0) is 4.74 Å². The third-order valence-electron chi connectivity index (χ3n) is 1.23. The minimum absolute atomic E-state index is 0.252. The molecule has 1 aliphatic rings. The summed E-state index contributed by atoms with van der Waals surface area (Å²) in [6, 6.07) is 0.252. The average molecular weight is 187 g/mol. The van der Waals surface area contributed by atoms with Gasteiger partial charge in [0.2, 0.25) is 0 Å². The van der Waals surface area contributed by atoms with Gasteiger partial charge in [-0.25, -0.2) is 4.79 Å². The Hall–Kier alpha value is -0.730. The second-order valence-electron chi connectivity index (χ2n) is 4.85. The minimum atomic E-state index is -0.281. The molecule has 1 amide bonds. The summed E-state index contributed by atoms with van der Waals surface area (Å²) in [4.78, 5) is 10.3. The largest absolute Gasteiger partial charge is 0.447 e. The molecule has 0 aromatic rings. The van der Waals surface area contributed by atoms with Crippen molar-refractivity contribution in [2.75, 3.05) is 6.61 Å². The van der Waals surface area contributed by atoms with Crippen LogP contribution in [0.1, 0.15) is 41.0 Å². The zero-order chi connectivity index (χ0) is 10.5. The molecule has 0 radical (unpaired) electrons. The highest BCUT2D eigenvalue weighted by Crippen LogP contribution is 2.08. The third-order valence-corrected chi connectivity index (χ3v) is 1.23. The van der Waals surface area contributed by atoms with Gasteiger partial charge in [0.15, 0.2) is 0 Å². The van der Waals surface area contributed by atoms with E-state index in [9.17, 15) is 4.79 Å². The molecule has 0 saturated carbocycles. The number of rotatable bonds is 1.